The Labute approximate surface area is 231 Å². The van der Waals surface area contributed by atoms with Gasteiger partial charge in [-0.15, -0.1) is 0 Å². The summed E-state index contributed by atoms with van der Waals surface area (Å²) in [5.74, 6) is 2.91. The molecular weight excluding hydrogens is 466 g/mol. The molecule has 38 heavy (non-hydrogen) atoms. The molecular formula is C35H51NO2. The third-order valence-electron chi connectivity index (χ3n) is 14.1. The molecule has 1 aromatic carbocycles. The van der Waals surface area contributed by atoms with Crippen molar-refractivity contribution in [3.63, 3.8) is 0 Å². The summed E-state index contributed by atoms with van der Waals surface area (Å²) in [5, 5.41) is 0. The van der Waals surface area contributed by atoms with E-state index in [1.807, 2.05) is 12.1 Å². The van der Waals surface area contributed by atoms with E-state index in [0.717, 1.165) is 24.3 Å². The molecule has 2 N–H and O–H groups in total. The summed E-state index contributed by atoms with van der Waals surface area (Å²) in [4.78, 5) is 12.0. The second-order valence-electron chi connectivity index (χ2n) is 15.3. The number of nitrogens with two attached hydrogens (primary N) is 1. The van der Waals surface area contributed by atoms with E-state index in [1.54, 1.807) is 0 Å². The maximum Gasteiger partial charge on any atom is 0.337 e. The first kappa shape index (κ1) is 26.6. The molecule has 0 spiro atoms. The van der Waals surface area contributed by atoms with E-state index in [-0.39, 0.29) is 11.4 Å². The number of carbonyl (C=O) groups is 1. The van der Waals surface area contributed by atoms with Crippen molar-refractivity contribution in [2.45, 2.75) is 98.8 Å². The highest BCUT2D eigenvalue weighted by Crippen LogP contribution is 2.76. The van der Waals surface area contributed by atoms with E-state index in [0.29, 0.717) is 33.1 Å². The zero-order valence-corrected chi connectivity index (χ0v) is 24.9. The maximum atomic E-state index is 12.0. The largest absolute Gasteiger partial charge is 0.465 e. The van der Waals surface area contributed by atoms with Gasteiger partial charge in [0.2, 0.25) is 0 Å². The zero-order valence-electron chi connectivity index (χ0n) is 24.9. The average Bonchev–Trinajstić information content (AvgIpc) is 3.33. The standard InChI is InChI=1S/C35H51NO2/c1-31(2)25(23-9-11-24(12-10-23)30(37)38-6)15-18-32(3)28(31)16-19-34(5)29(32)14-13-26-27-8-7-17-35(27,22-36)21-20-33(26,34)4/h9-12,15,26-29H,7-8,13-14,16-22,36H2,1-6H3/t26?,27?,28?,29?,32?,33-,34?,35?/m1/s1. The fraction of sp³-hybridized carbons (Fsp3) is 0.743. The molecule has 3 heteroatoms. The van der Waals surface area contributed by atoms with Gasteiger partial charge in [-0.25, -0.2) is 4.79 Å². The summed E-state index contributed by atoms with van der Waals surface area (Å²) < 4.78 is 4.93. The highest BCUT2D eigenvalue weighted by Gasteiger charge is 2.69. The van der Waals surface area contributed by atoms with Crippen molar-refractivity contribution in [1.29, 1.82) is 0 Å². The van der Waals surface area contributed by atoms with Crippen LogP contribution in [-0.2, 0) is 4.74 Å². The number of hydrogen-bond acceptors (Lipinski definition) is 3. The van der Waals surface area contributed by atoms with Gasteiger partial charge in [0.25, 0.3) is 0 Å². The Morgan fingerprint density at radius 1 is 0.868 bits per heavy atom. The van der Waals surface area contributed by atoms with Gasteiger partial charge in [0, 0.05) is 0 Å². The van der Waals surface area contributed by atoms with Crippen LogP contribution in [0.15, 0.2) is 30.3 Å². The van der Waals surface area contributed by atoms with Crippen LogP contribution in [0.5, 0.6) is 0 Å². The van der Waals surface area contributed by atoms with Gasteiger partial charge in [-0.05, 0) is 138 Å². The first-order valence-electron chi connectivity index (χ1n) is 15.6. The van der Waals surface area contributed by atoms with Crippen molar-refractivity contribution in [2.24, 2.45) is 56.5 Å². The molecule has 0 aliphatic heterocycles. The topological polar surface area (TPSA) is 52.3 Å². The van der Waals surface area contributed by atoms with E-state index in [1.165, 1.54) is 82.5 Å². The maximum absolute atomic E-state index is 12.0. The van der Waals surface area contributed by atoms with Crippen LogP contribution < -0.4 is 5.73 Å². The number of rotatable bonds is 3. The molecule has 7 unspecified atom stereocenters. The van der Waals surface area contributed by atoms with Crippen molar-refractivity contribution < 1.29 is 9.53 Å². The van der Waals surface area contributed by atoms with Gasteiger partial charge >= 0.3 is 5.97 Å². The van der Waals surface area contributed by atoms with Gasteiger partial charge in [-0.1, -0.05) is 59.2 Å². The molecule has 8 atom stereocenters. The van der Waals surface area contributed by atoms with E-state index in [9.17, 15) is 4.79 Å². The monoisotopic (exact) mass is 517 g/mol. The normalized spacial score (nSPS) is 45.2. The number of carbonyl (C=O) groups excluding carboxylic acids is 1. The Morgan fingerprint density at radius 2 is 1.61 bits per heavy atom. The molecule has 0 aromatic heterocycles. The highest BCUT2D eigenvalue weighted by molar-refractivity contribution is 5.89. The van der Waals surface area contributed by atoms with Crippen molar-refractivity contribution in [2.75, 3.05) is 13.7 Å². The minimum Gasteiger partial charge on any atom is -0.465 e. The Balaban J connectivity index is 1.33. The molecule has 5 aliphatic rings. The second-order valence-corrected chi connectivity index (χ2v) is 15.3. The Hall–Kier alpha value is -1.61. The highest BCUT2D eigenvalue weighted by atomic mass is 16.5. The third-order valence-corrected chi connectivity index (χ3v) is 14.1. The molecule has 0 amide bonds. The molecule has 208 valence electrons. The third kappa shape index (κ3) is 3.32. The predicted molar refractivity (Wildman–Crippen MR) is 155 cm³/mol. The van der Waals surface area contributed by atoms with Crippen molar-refractivity contribution in [3.8, 4) is 0 Å². The Morgan fingerprint density at radius 3 is 2.29 bits per heavy atom. The summed E-state index contributed by atoms with van der Waals surface area (Å²) in [6.07, 6.45) is 16.2. The fourth-order valence-electron chi connectivity index (χ4n) is 12.1. The molecule has 1 aromatic rings. The Kier molecular flexibility index (Phi) is 6.09. The summed E-state index contributed by atoms with van der Waals surface area (Å²) in [6.45, 7) is 14.0. The number of allylic oxidation sites excluding steroid dienone is 2. The molecule has 0 bridgehead atoms. The van der Waals surface area contributed by atoms with Crippen LogP contribution in [0.3, 0.4) is 0 Å². The van der Waals surface area contributed by atoms with E-state index in [4.69, 9.17) is 10.5 Å². The van der Waals surface area contributed by atoms with Crippen molar-refractivity contribution in [3.05, 3.63) is 41.5 Å². The van der Waals surface area contributed by atoms with Crippen LogP contribution in [0.1, 0.15) is 115 Å². The minimum absolute atomic E-state index is 0.103. The molecule has 6 rings (SSSR count). The number of fused-ring (bicyclic) bond motifs is 7. The van der Waals surface area contributed by atoms with Gasteiger partial charge in [-0.2, -0.15) is 0 Å². The smallest absolute Gasteiger partial charge is 0.337 e. The molecule has 4 saturated carbocycles. The van der Waals surface area contributed by atoms with Crippen LogP contribution in [0.2, 0.25) is 0 Å². The number of esters is 1. The van der Waals surface area contributed by atoms with Crippen LogP contribution in [0.25, 0.3) is 5.57 Å². The quantitative estimate of drug-likeness (QED) is 0.410. The van der Waals surface area contributed by atoms with E-state index < -0.39 is 0 Å². The van der Waals surface area contributed by atoms with Crippen LogP contribution >= 0.6 is 0 Å². The second kappa shape index (κ2) is 8.69. The van der Waals surface area contributed by atoms with Crippen LogP contribution in [0.4, 0.5) is 0 Å². The lowest BCUT2D eigenvalue weighted by atomic mass is 9.32. The Bertz CT molecular complexity index is 1140. The fourth-order valence-corrected chi connectivity index (χ4v) is 12.1. The van der Waals surface area contributed by atoms with Gasteiger partial charge in [-0.3, -0.25) is 0 Å². The number of methoxy groups -OCH3 is 1. The first-order valence-corrected chi connectivity index (χ1v) is 15.6. The summed E-state index contributed by atoms with van der Waals surface area (Å²) >= 11 is 0. The number of hydrogen-bond donors (Lipinski definition) is 1. The lowest BCUT2D eigenvalue weighted by Crippen LogP contribution is -2.65. The first-order chi connectivity index (χ1) is 18.0. The molecule has 4 fully saturated rings. The number of ether oxygens (including phenoxy) is 1. The van der Waals surface area contributed by atoms with Crippen molar-refractivity contribution >= 4 is 11.5 Å². The summed E-state index contributed by atoms with van der Waals surface area (Å²) in [6, 6.07) is 8.13. The van der Waals surface area contributed by atoms with E-state index in [2.05, 4.69) is 52.8 Å². The molecule has 0 radical (unpaired) electrons. The minimum atomic E-state index is -0.263. The molecule has 0 heterocycles. The SMILES string of the molecule is COC(=O)c1ccc(C2=CCC3(C)C(CCC4(C)C3CCC3C5CCCC5(CN)CC[C@]34C)C2(C)C)cc1. The van der Waals surface area contributed by atoms with Crippen LogP contribution in [-0.4, -0.2) is 19.6 Å². The summed E-state index contributed by atoms with van der Waals surface area (Å²) in [5.41, 5.74) is 11.6. The molecule has 0 saturated heterocycles. The molecule has 3 nitrogen and oxygen atoms in total. The van der Waals surface area contributed by atoms with Gasteiger partial charge < -0.3 is 10.5 Å². The summed E-state index contributed by atoms with van der Waals surface area (Å²) in [7, 11) is 1.45. The predicted octanol–water partition coefficient (Wildman–Crippen LogP) is 8.28. The number of benzene rings is 1. The zero-order chi connectivity index (χ0) is 27.1. The molecule has 5 aliphatic carbocycles. The lowest BCUT2D eigenvalue weighted by molar-refractivity contribution is -0.221. The van der Waals surface area contributed by atoms with Crippen LogP contribution in [0, 0.1) is 50.7 Å². The van der Waals surface area contributed by atoms with Gasteiger partial charge in [0.1, 0.15) is 0 Å². The van der Waals surface area contributed by atoms with E-state index >= 15 is 0 Å². The lowest BCUT2D eigenvalue weighted by Gasteiger charge is -2.72. The van der Waals surface area contributed by atoms with Crippen molar-refractivity contribution in [1.82, 2.24) is 0 Å². The average molecular weight is 518 g/mol. The van der Waals surface area contributed by atoms with Gasteiger partial charge in [0.05, 0.1) is 12.7 Å². The van der Waals surface area contributed by atoms with Gasteiger partial charge in [0.15, 0.2) is 0 Å².